The number of rotatable bonds is 3. The van der Waals surface area contributed by atoms with Gasteiger partial charge in [-0.15, -0.1) is 0 Å². The lowest BCUT2D eigenvalue weighted by Gasteiger charge is -2.34. The molecule has 1 atom stereocenters. The van der Waals surface area contributed by atoms with Gasteiger partial charge in [-0.1, -0.05) is 19.1 Å². The summed E-state index contributed by atoms with van der Waals surface area (Å²) in [5.41, 5.74) is 1.07. The fraction of sp³-hybridized carbons (Fsp3) is 0.600. The molecule has 4 rings (SSSR count). The number of quaternary nitrogens is 1. The molecule has 0 spiro atoms. The monoisotopic (exact) mass is 340 g/mol. The van der Waals surface area contributed by atoms with Gasteiger partial charge in [-0.25, -0.2) is 4.98 Å². The topological polar surface area (TPSA) is 36.7 Å². The van der Waals surface area contributed by atoms with Crippen molar-refractivity contribution in [2.45, 2.75) is 26.7 Å². The van der Waals surface area contributed by atoms with Gasteiger partial charge in [0.15, 0.2) is 0 Å². The predicted octanol–water partition coefficient (Wildman–Crippen LogP) is 1.59. The smallest absolute Gasteiger partial charge is 0.228 e. The molecule has 2 saturated heterocycles. The molecule has 0 amide bonds. The van der Waals surface area contributed by atoms with E-state index in [1.165, 1.54) is 37.9 Å². The van der Waals surface area contributed by atoms with Crippen LogP contribution in [0.3, 0.4) is 0 Å². The van der Waals surface area contributed by atoms with E-state index in [1.807, 2.05) is 0 Å². The number of likely N-dealkylation sites (N-methyl/N-ethyl adjacent to an activating group) is 1. The normalized spacial score (nSPS) is 22.6. The van der Waals surface area contributed by atoms with Crippen LogP contribution < -0.4 is 14.7 Å². The number of hydrogen-bond acceptors (Lipinski definition) is 4. The Bertz CT molecular complexity index is 723. The van der Waals surface area contributed by atoms with Crippen LogP contribution in [0.15, 0.2) is 24.3 Å². The SMILES string of the molecule is CC[NH+]1CCN(c2nc(N3CCC[C@H](C)C3)c3ccccc3n2)CC1. The lowest BCUT2D eigenvalue weighted by molar-refractivity contribution is -0.898. The molecule has 2 aromatic rings. The van der Waals surface area contributed by atoms with E-state index in [9.17, 15) is 0 Å². The summed E-state index contributed by atoms with van der Waals surface area (Å²) >= 11 is 0. The van der Waals surface area contributed by atoms with Crippen LogP contribution in [0.1, 0.15) is 26.7 Å². The number of hydrogen-bond donors (Lipinski definition) is 1. The summed E-state index contributed by atoms with van der Waals surface area (Å²) in [6.45, 7) is 12.5. The molecule has 0 saturated carbocycles. The van der Waals surface area contributed by atoms with Gasteiger partial charge in [-0.3, -0.25) is 0 Å². The Labute approximate surface area is 150 Å². The second kappa shape index (κ2) is 7.16. The molecular weight excluding hydrogens is 310 g/mol. The molecule has 0 aliphatic carbocycles. The zero-order valence-electron chi connectivity index (χ0n) is 15.5. The Morgan fingerprint density at radius 1 is 1.08 bits per heavy atom. The number of nitrogens with one attached hydrogen (secondary N) is 1. The summed E-state index contributed by atoms with van der Waals surface area (Å²) in [5, 5.41) is 1.19. The first-order chi connectivity index (χ1) is 12.2. The average molecular weight is 340 g/mol. The Balaban J connectivity index is 1.69. The minimum Gasteiger partial charge on any atom is -0.356 e. The highest BCUT2D eigenvalue weighted by molar-refractivity contribution is 5.90. The summed E-state index contributed by atoms with van der Waals surface area (Å²) in [4.78, 5) is 16.5. The lowest BCUT2D eigenvalue weighted by atomic mass is 10.00. The first-order valence-corrected chi connectivity index (χ1v) is 9.85. The predicted molar refractivity (Wildman–Crippen MR) is 104 cm³/mol. The number of nitrogens with zero attached hydrogens (tertiary/aromatic N) is 4. The van der Waals surface area contributed by atoms with Crippen LogP contribution in [-0.2, 0) is 0 Å². The van der Waals surface area contributed by atoms with E-state index >= 15 is 0 Å². The molecule has 0 bridgehead atoms. The molecule has 2 aliphatic heterocycles. The number of para-hydroxylation sites is 1. The van der Waals surface area contributed by atoms with Gasteiger partial charge in [0, 0.05) is 18.5 Å². The Hall–Kier alpha value is -1.88. The lowest BCUT2D eigenvalue weighted by Crippen LogP contribution is -3.14. The molecule has 1 aromatic heterocycles. The molecule has 3 heterocycles. The van der Waals surface area contributed by atoms with E-state index in [4.69, 9.17) is 9.97 Å². The largest absolute Gasteiger partial charge is 0.356 e. The maximum atomic E-state index is 5.07. The molecule has 2 aliphatic rings. The third-order valence-electron chi connectivity index (χ3n) is 5.78. The van der Waals surface area contributed by atoms with E-state index < -0.39 is 0 Å². The first-order valence-electron chi connectivity index (χ1n) is 9.85. The summed E-state index contributed by atoms with van der Waals surface area (Å²) in [6.07, 6.45) is 2.58. The second-order valence-corrected chi connectivity index (χ2v) is 7.65. The highest BCUT2D eigenvalue weighted by atomic mass is 15.3. The van der Waals surface area contributed by atoms with E-state index in [1.54, 1.807) is 4.90 Å². The van der Waals surface area contributed by atoms with Gasteiger partial charge in [0.1, 0.15) is 5.82 Å². The number of piperazine rings is 1. The maximum absolute atomic E-state index is 5.07. The summed E-state index contributed by atoms with van der Waals surface area (Å²) in [5.74, 6) is 2.79. The number of anilines is 2. The van der Waals surface area contributed by atoms with Gasteiger partial charge >= 0.3 is 0 Å². The van der Waals surface area contributed by atoms with Gasteiger partial charge in [-0.2, -0.15) is 4.98 Å². The van der Waals surface area contributed by atoms with Gasteiger partial charge in [-0.05, 0) is 37.8 Å². The highest BCUT2D eigenvalue weighted by Gasteiger charge is 2.24. The van der Waals surface area contributed by atoms with Gasteiger partial charge in [0.25, 0.3) is 0 Å². The number of fused-ring (bicyclic) bond motifs is 1. The average Bonchev–Trinajstić information content (AvgIpc) is 2.67. The van der Waals surface area contributed by atoms with Crippen molar-refractivity contribution in [2.24, 2.45) is 5.92 Å². The van der Waals surface area contributed by atoms with Crippen LogP contribution in [-0.4, -0.2) is 55.8 Å². The van der Waals surface area contributed by atoms with Crippen molar-refractivity contribution in [3.63, 3.8) is 0 Å². The second-order valence-electron chi connectivity index (χ2n) is 7.65. The highest BCUT2D eigenvalue weighted by Crippen LogP contribution is 2.29. The minimum absolute atomic E-state index is 0.739. The molecule has 25 heavy (non-hydrogen) atoms. The molecule has 0 unspecified atom stereocenters. The molecule has 1 N–H and O–H groups in total. The van der Waals surface area contributed by atoms with Gasteiger partial charge in [0.05, 0.1) is 38.2 Å². The van der Waals surface area contributed by atoms with E-state index in [0.717, 1.165) is 49.4 Å². The van der Waals surface area contributed by atoms with Gasteiger partial charge < -0.3 is 14.7 Å². The van der Waals surface area contributed by atoms with Crippen molar-refractivity contribution >= 4 is 22.7 Å². The third kappa shape index (κ3) is 3.43. The minimum atomic E-state index is 0.739. The molecule has 2 fully saturated rings. The van der Waals surface area contributed by atoms with Crippen molar-refractivity contribution < 1.29 is 4.90 Å². The summed E-state index contributed by atoms with van der Waals surface area (Å²) in [7, 11) is 0. The van der Waals surface area contributed by atoms with Crippen molar-refractivity contribution in [1.82, 2.24) is 9.97 Å². The molecule has 5 heteroatoms. The van der Waals surface area contributed by atoms with Crippen LogP contribution in [0.2, 0.25) is 0 Å². The summed E-state index contributed by atoms with van der Waals surface area (Å²) in [6, 6.07) is 8.49. The Morgan fingerprint density at radius 3 is 2.64 bits per heavy atom. The van der Waals surface area contributed by atoms with Crippen LogP contribution in [0.25, 0.3) is 10.9 Å². The van der Waals surface area contributed by atoms with Crippen LogP contribution >= 0.6 is 0 Å². The Morgan fingerprint density at radius 2 is 1.88 bits per heavy atom. The number of benzene rings is 1. The zero-order valence-corrected chi connectivity index (χ0v) is 15.5. The first kappa shape index (κ1) is 16.6. The Kier molecular flexibility index (Phi) is 4.75. The quantitative estimate of drug-likeness (QED) is 0.921. The molecule has 5 nitrogen and oxygen atoms in total. The fourth-order valence-corrected chi connectivity index (χ4v) is 4.19. The van der Waals surface area contributed by atoms with Crippen molar-refractivity contribution in [2.75, 3.05) is 55.6 Å². The maximum Gasteiger partial charge on any atom is 0.228 e. The third-order valence-corrected chi connectivity index (χ3v) is 5.78. The van der Waals surface area contributed by atoms with Crippen molar-refractivity contribution in [1.29, 1.82) is 0 Å². The number of piperidine rings is 1. The zero-order chi connectivity index (χ0) is 17.2. The molecule has 1 aromatic carbocycles. The van der Waals surface area contributed by atoms with Crippen LogP contribution in [0.4, 0.5) is 11.8 Å². The van der Waals surface area contributed by atoms with Gasteiger partial charge in [0.2, 0.25) is 5.95 Å². The van der Waals surface area contributed by atoms with E-state index in [0.29, 0.717) is 0 Å². The number of aromatic nitrogens is 2. The van der Waals surface area contributed by atoms with Crippen LogP contribution in [0, 0.1) is 5.92 Å². The van der Waals surface area contributed by atoms with Crippen molar-refractivity contribution in [3.8, 4) is 0 Å². The standard InChI is InChI=1S/C20H29N5/c1-3-23-11-13-24(14-12-23)20-21-18-9-5-4-8-17(18)19(22-20)25-10-6-7-16(2)15-25/h4-5,8-9,16H,3,6-7,10-15H2,1-2H3/p+1/t16-/m0/s1. The molecule has 134 valence electrons. The molecular formula is C20H30N5+. The van der Waals surface area contributed by atoms with E-state index in [2.05, 4.69) is 47.9 Å². The summed E-state index contributed by atoms with van der Waals surface area (Å²) < 4.78 is 0. The van der Waals surface area contributed by atoms with Crippen LogP contribution in [0.5, 0.6) is 0 Å². The fourth-order valence-electron chi connectivity index (χ4n) is 4.19. The molecule has 0 radical (unpaired) electrons. The van der Waals surface area contributed by atoms with E-state index in [-0.39, 0.29) is 0 Å². The van der Waals surface area contributed by atoms with Crippen molar-refractivity contribution in [3.05, 3.63) is 24.3 Å².